The van der Waals surface area contributed by atoms with Crippen LogP contribution in [0.2, 0.25) is 0 Å². The van der Waals surface area contributed by atoms with Gasteiger partial charge in [0.25, 0.3) is 0 Å². The first-order valence-corrected chi connectivity index (χ1v) is 11.5. The van der Waals surface area contributed by atoms with Crippen LogP contribution in [0.3, 0.4) is 0 Å². The maximum atomic E-state index is 12.9. The van der Waals surface area contributed by atoms with Gasteiger partial charge >= 0.3 is 12.1 Å². The zero-order chi connectivity index (χ0) is 22.6. The highest BCUT2D eigenvalue weighted by atomic mass is 32.2. The molecule has 0 aromatic heterocycles. The molecule has 170 valence electrons. The van der Waals surface area contributed by atoms with E-state index in [0.29, 0.717) is 29.8 Å². The topological polar surface area (TPSA) is 75.7 Å². The Morgan fingerprint density at radius 3 is 2.65 bits per heavy atom. The van der Waals surface area contributed by atoms with Crippen molar-refractivity contribution in [2.75, 3.05) is 26.2 Å². The van der Waals surface area contributed by atoms with Crippen molar-refractivity contribution in [2.24, 2.45) is 5.92 Å². The fourth-order valence-electron chi connectivity index (χ4n) is 3.81. The molecule has 1 aliphatic rings. The van der Waals surface area contributed by atoms with Crippen molar-refractivity contribution in [3.63, 3.8) is 0 Å². The molecule has 1 fully saturated rings. The summed E-state index contributed by atoms with van der Waals surface area (Å²) in [7, 11) is -4.05. The quantitative estimate of drug-likeness (QED) is 0.645. The minimum Gasteiger partial charge on any atom is -0.453 e. The molecule has 31 heavy (non-hydrogen) atoms. The number of halogens is 3. The van der Waals surface area contributed by atoms with Crippen LogP contribution in [0.1, 0.15) is 19.8 Å². The van der Waals surface area contributed by atoms with Gasteiger partial charge in [0, 0.05) is 25.0 Å². The summed E-state index contributed by atoms with van der Waals surface area (Å²) < 4.78 is 71.0. The van der Waals surface area contributed by atoms with Crippen LogP contribution in [0.5, 0.6) is 0 Å². The number of esters is 1. The minimum absolute atomic E-state index is 0.0121. The lowest BCUT2D eigenvalue weighted by molar-refractivity contribution is -0.205. The number of nitrogens with one attached hydrogen (secondary N) is 1. The van der Waals surface area contributed by atoms with Gasteiger partial charge in [-0.05, 0) is 36.8 Å². The monoisotopic (exact) mass is 458 g/mol. The number of carbonyl (C=O) groups is 1. The molecule has 2 atom stereocenters. The molecule has 1 saturated heterocycles. The van der Waals surface area contributed by atoms with Gasteiger partial charge in [-0.2, -0.15) is 13.2 Å². The van der Waals surface area contributed by atoms with Crippen LogP contribution >= 0.6 is 0 Å². The standard InChI is InChI=1S/C21H25F3N2O4S/c1-15-6-5-11-26(13-15)14-17(30-20(27)21(22,23)24)12-25-31(28,29)19-10-4-8-16-7-2-3-9-18(16)19/h2-4,7-10,15,17,25H,5-6,11-14H2,1H3/t15?,17-/m0/s1. The predicted molar refractivity (Wildman–Crippen MR) is 110 cm³/mol. The molecule has 1 unspecified atom stereocenters. The molecular weight excluding hydrogens is 433 g/mol. The minimum atomic E-state index is -5.15. The summed E-state index contributed by atoms with van der Waals surface area (Å²) in [5, 5.41) is 1.21. The van der Waals surface area contributed by atoms with Crippen LogP contribution in [0.15, 0.2) is 47.4 Å². The number of benzene rings is 2. The Labute approximate surface area is 179 Å². The third-order valence-corrected chi connectivity index (χ3v) is 6.73. The van der Waals surface area contributed by atoms with E-state index in [1.807, 2.05) is 11.8 Å². The summed E-state index contributed by atoms with van der Waals surface area (Å²) >= 11 is 0. The Hall–Kier alpha value is -2.17. The van der Waals surface area contributed by atoms with Crippen molar-refractivity contribution in [2.45, 2.75) is 36.9 Å². The van der Waals surface area contributed by atoms with E-state index in [4.69, 9.17) is 0 Å². The second kappa shape index (κ2) is 9.54. The molecule has 0 spiro atoms. The maximum Gasteiger partial charge on any atom is 0.490 e. The molecule has 1 heterocycles. The number of carbonyl (C=O) groups excluding carboxylic acids is 1. The fraction of sp³-hybridized carbons (Fsp3) is 0.476. The largest absolute Gasteiger partial charge is 0.490 e. The normalized spacial score (nSPS) is 19.3. The lowest BCUT2D eigenvalue weighted by atomic mass is 10.00. The molecule has 2 aromatic carbocycles. The first-order chi connectivity index (χ1) is 14.6. The smallest absolute Gasteiger partial charge is 0.453 e. The van der Waals surface area contributed by atoms with Crippen LogP contribution in [-0.2, 0) is 19.6 Å². The molecule has 0 radical (unpaired) electrons. The number of ether oxygens (including phenoxy) is 1. The van der Waals surface area contributed by atoms with Crippen molar-refractivity contribution < 1.29 is 31.1 Å². The second-order valence-corrected chi connectivity index (χ2v) is 9.60. The summed E-state index contributed by atoms with van der Waals surface area (Å²) in [4.78, 5) is 13.3. The molecule has 0 aliphatic carbocycles. The Bertz CT molecular complexity index is 1020. The van der Waals surface area contributed by atoms with Gasteiger partial charge in [0.2, 0.25) is 10.0 Å². The van der Waals surface area contributed by atoms with E-state index in [0.717, 1.165) is 12.8 Å². The lowest BCUT2D eigenvalue weighted by Gasteiger charge is -2.33. The maximum absolute atomic E-state index is 12.9. The Kier molecular flexibility index (Phi) is 7.23. The van der Waals surface area contributed by atoms with Gasteiger partial charge in [-0.1, -0.05) is 43.3 Å². The third kappa shape index (κ3) is 6.18. The zero-order valence-electron chi connectivity index (χ0n) is 17.1. The van der Waals surface area contributed by atoms with Crippen molar-refractivity contribution in [1.82, 2.24) is 9.62 Å². The third-order valence-electron chi connectivity index (χ3n) is 5.25. The molecule has 0 saturated carbocycles. The number of rotatable bonds is 7. The van der Waals surface area contributed by atoms with Gasteiger partial charge in [-0.3, -0.25) is 4.90 Å². The van der Waals surface area contributed by atoms with E-state index in [2.05, 4.69) is 9.46 Å². The number of hydrogen-bond acceptors (Lipinski definition) is 5. The van der Waals surface area contributed by atoms with Crippen molar-refractivity contribution in [3.8, 4) is 0 Å². The zero-order valence-corrected chi connectivity index (χ0v) is 17.9. The summed E-state index contributed by atoms with van der Waals surface area (Å²) in [6.07, 6.45) is -4.54. The molecule has 2 aromatic rings. The fourth-order valence-corrected chi connectivity index (χ4v) is 5.11. The van der Waals surface area contributed by atoms with Crippen LogP contribution in [0.25, 0.3) is 10.8 Å². The van der Waals surface area contributed by atoms with E-state index in [1.54, 1.807) is 36.4 Å². The van der Waals surface area contributed by atoms with Gasteiger partial charge < -0.3 is 4.74 Å². The Morgan fingerprint density at radius 1 is 1.23 bits per heavy atom. The highest BCUT2D eigenvalue weighted by Crippen LogP contribution is 2.23. The highest BCUT2D eigenvalue weighted by Gasteiger charge is 2.42. The van der Waals surface area contributed by atoms with Crippen LogP contribution < -0.4 is 4.72 Å². The average Bonchev–Trinajstić information content (AvgIpc) is 2.71. The second-order valence-electron chi connectivity index (χ2n) is 7.86. The van der Waals surface area contributed by atoms with E-state index in [1.165, 1.54) is 6.07 Å². The molecule has 10 heteroatoms. The molecule has 0 amide bonds. The molecular formula is C21H25F3N2O4S. The summed E-state index contributed by atoms with van der Waals surface area (Å²) in [5.74, 6) is -1.97. The average molecular weight is 459 g/mol. The number of alkyl halides is 3. The first kappa shape index (κ1) is 23.5. The Balaban J connectivity index is 1.77. The lowest BCUT2D eigenvalue weighted by Crippen LogP contribution is -2.46. The first-order valence-electron chi connectivity index (χ1n) is 10.0. The van der Waals surface area contributed by atoms with E-state index < -0.39 is 34.8 Å². The van der Waals surface area contributed by atoms with Gasteiger partial charge in [0.05, 0.1) is 4.90 Å². The van der Waals surface area contributed by atoms with Gasteiger partial charge in [0.15, 0.2) is 0 Å². The Morgan fingerprint density at radius 2 is 1.94 bits per heavy atom. The number of fused-ring (bicyclic) bond motifs is 1. The number of nitrogens with zero attached hydrogens (tertiary/aromatic N) is 1. The summed E-state index contributed by atoms with van der Waals surface area (Å²) in [6.45, 7) is 2.89. The number of piperidine rings is 1. The van der Waals surface area contributed by atoms with Crippen molar-refractivity contribution in [1.29, 1.82) is 0 Å². The number of likely N-dealkylation sites (tertiary alicyclic amines) is 1. The SMILES string of the molecule is CC1CCCN(C[C@H](CNS(=O)(=O)c2cccc3ccccc23)OC(=O)C(F)(F)F)C1. The molecule has 6 nitrogen and oxygen atoms in total. The number of hydrogen-bond donors (Lipinski definition) is 1. The molecule has 0 bridgehead atoms. The van der Waals surface area contributed by atoms with E-state index >= 15 is 0 Å². The van der Waals surface area contributed by atoms with Crippen LogP contribution in [0.4, 0.5) is 13.2 Å². The predicted octanol–water partition coefficient (Wildman–Crippen LogP) is 3.32. The van der Waals surface area contributed by atoms with Crippen molar-refractivity contribution >= 4 is 26.8 Å². The van der Waals surface area contributed by atoms with Gasteiger partial charge in [0.1, 0.15) is 6.10 Å². The van der Waals surface area contributed by atoms with Gasteiger partial charge in [-0.15, -0.1) is 0 Å². The van der Waals surface area contributed by atoms with Crippen LogP contribution in [-0.4, -0.2) is 57.7 Å². The highest BCUT2D eigenvalue weighted by molar-refractivity contribution is 7.89. The van der Waals surface area contributed by atoms with E-state index in [9.17, 15) is 26.4 Å². The number of sulfonamides is 1. The van der Waals surface area contributed by atoms with Crippen molar-refractivity contribution in [3.05, 3.63) is 42.5 Å². The summed E-state index contributed by atoms with van der Waals surface area (Å²) in [5.41, 5.74) is 0. The summed E-state index contributed by atoms with van der Waals surface area (Å²) in [6, 6.07) is 11.7. The molecule has 3 rings (SSSR count). The van der Waals surface area contributed by atoms with E-state index in [-0.39, 0.29) is 11.4 Å². The van der Waals surface area contributed by atoms with Gasteiger partial charge in [-0.25, -0.2) is 17.9 Å². The van der Waals surface area contributed by atoms with Crippen LogP contribution in [0, 0.1) is 5.92 Å². The molecule has 1 N–H and O–H groups in total. The molecule has 1 aliphatic heterocycles.